The van der Waals surface area contributed by atoms with E-state index >= 15 is 0 Å². The summed E-state index contributed by atoms with van der Waals surface area (Å²) in [6.07, 6.45) is 0.243. The third kappa shape index (κ3) is 5.99. The molecule has 7 heteroatoms. The van der Waals surface area contributed by atoms with E-state index in [-0.39, 0.29) is 12.3 Å². The van der Waals surface area contributed by atoms with Gasteiger partial charge in [-0.15, -0.1) is 0 Å². The molecular formula is C20H25NO6. The molecule has 7 nitrogen and oxygen atoms in total. The summed E-state index contributed by atoms with van der Waals surface area (Å²) >= 11 is 0. The minimum absolute atomic E-state index is 0.103. The minimum atomic E-state index is -0.103. The van der Waals surface area contributed by atoms with Gasteiger partial charge in [0, 0.05) is 18.2 Å². The fraction of sp³-hybridized carbons (Fsp3) is 0.350. The number of hydrogen-bond acceptors (Lipinski definition) is 6. The molecule has 1 amide bonds. The van der Waals surface area contributed by atoms with Crippen molar-refractivity contribution in [3.8, 4) is 28.7 Å². The van der Waals surface area contributed by atoms with E-state index in [2.05, 4.69) is 5.32 Å². The summed E-state index contributed by atoms with van der Waals surface area (Å²) in [5, 5.41) is 2.83. The average Bonchev–Trinajstić information content (AvgIpc) is 2.70. The Morgan fingerprint density at radius 1 is 0.815 bits per heavy atom. The van der Waals surface area contributed by atoms with E-state index in [1.165, 1.54) is 0 Å². The molecule has 0 saturated carbocycles. The van der Waals surface area contributed by atoms with E-state index in [4.69, 9.17) is 23.7 Å². The van der Waals surface area contributed by atoms with Gasteiger partial charge in [0.15, 0.2) is 11.5 Å². The summed E-state index contributed by atoms with van der Waals surface area (Å²) in [6.45, 7) is 0.708. The highest BCUT2D eigenvalue weighted by Crippen LogP contribution is 2.28. The molecule has 0 heterocycles. The Hall–Kier alpha value is -3.09. The van der Waals surface area contributed by atoms with Crippen LogP contribution in [0.1, 0.15) is 5.56 Å². The van der Waals surface area contributed by atoms with E-state index in [1.807, 2.05) is 6.07 Å². The van der Waals surface area contributed by atoms with Gasteiger partial charge in [-0.2, -0.15) is 0 Å². The summed E-state index contributed by atoms with van der Waals surface area (Å²) < 4.78 is 26.5. The molecule has 0 bridgehead atoms. The topological polar surface area (TPSA) is 75.2 Å². The van der Waals surface area contributed by atoms with Crippen molar-refractivity contribution in [1.29, 1.82) is 0 Å². The lowest BCUT2D eigenvalue weighted by molar-refractivity contribution is -0.120. The van der Waals surface area contributed by atoms with Crippen molar-refractivity contribution in [1.82, 2.24) is 5.32 Å². The zero-order chi connectivity index (χ0) is 19.6. The molecule has 0 fully saturated rings. The second-order valence-electron chi connectivity index (χ2n) is 5.61. The van der Waals surface area contributed by atoms with Crippen LogP contribution in [0.3, 0.4) is 0 Å². The zero-order valence-electron chi connectivity index (χ0n) is 16.0. The molecule has 0 unspecified atom stereocenters. The van der Waals surface area contributed by atoms with E-state index < -0.39 is 0 Å². The third-order valence-electron chi connectivity index (χ3n) is 3.83. The van der Waals surface area contributed by atoms with E-state index in [1.54, 1.807) is 58.8 Å². The van der Waals surface area contributed by atoms with Gasteiger partial charge in [-0.05, 0) is 17.7 Å². The lowest BCUT2D eigenvalue weighted by atomic mass is 10.1. The van der Waals surface area contributed by atoms with E-state index in [0.29, 0.717) is 41.9 Å². The van der Waals surface area contributed by atoms with Gasteiger partial charge in [0.25, 0.3) is 0 Å². The van der Waals surface area contributed by atoms with Crippen molar-refractivity contribution in [2.45, 2.75) is 6.42 Å². The number of carbonyl (C=O) groups excluding carboxylic acids is 1. The lowest BCUT2D eigenvalue weighted by Crippen LogP contribution is -2.29. The van der Waals surface area contributed by atoms with Crippen LogP contribution in [0.4, 0.5) is 0 Å². The van der Waals surface area contributed by atoms with Crippen LogP contribution in [0.25, 0.3) is 0 Å². The van der Waals surface area contributed by atoms with Crippen LogP contribution in [0, 0.1) is 0 Å². The lowest BCUT2D eigenvalue weighted by Gasteiger charge is -2.11. The highest BCUT2D eigenvalue weighted by atomic mass is 16.5. The van der Waals surface area contributed by atoms with E-state index in [9.17, 15) is 4.79 Å². The monoisotopic (exact) mass is 375 g/mol. The van der Waals surface area contributed by atoms with Crippen molar-refractivity contribution >= 4 is 5.91 Å². The number of carbonyl (C=O) groups is 1. The first-order valence-electron chi connectivity index (χ1n) is 8.43. The number of amides is 1. The second kappa shape index (κ2) is 10.2. The standard InChI is InChI=1S/C20H25NO6/c1-23-15-11-16(24-2)13-17(12-15)27-8-7-21-20(22)10-14-5-6-18(25-3)19(9-14)26-4/h5-6,9,11-13H,7-8,10H2,1-4H3,(H,21,22). The van der Waals surface area contributed by atoms with Gasteiger partial charge in [-0.1, -0.05) is 6.07 Å². The first kappa shape index (κ1) is 20.2. The number of nitrogens with one attached hydrogen (secondary N) is 1. The molecule has 0 aliphatic heterocycles. The molecule has 0 atom stereocenters. The molecule has 0 radical (unpaired) electrons. The summed E-state index contributed by atoms with van der Waals surface area (Å²) in [4.78, 5) is 12.1. The van der Waals surface area contributed by atoms with Gasteiger partial charge in [0.2, 0.25) is 5.91 Å². The van der Waals surface area contributed by atoms with Crippen LogP contribution < -0.4 is 29.0 Å². The molecule has 2 aromatic carbocycles. The van der Waals surface area contributed by atoms with Crippen molar-refractivity contribution in [3.05, 3.63) is 42.0 Å². The second-order valence-corrected chi connectivity index (χ2v) is 5.61. The number of hydrogen-bond donors (Lipinski definition) is 1. The Morgan fingerprint density at radius 2 is 1.44 bits per heavy atom. The van der Waals surface area contributed by atoms with Crippen LogP contribution >= 0.6 is 0 Å². The Kier molecular flexibility index (Phi) is 7.61. The van der Waals surface area contributed by atoms with Crippen LogP contribution in [0.2, 0.25) is 0 Å². The molecule has 2 aromatic rings. The molecule has 2 rings (SSSR count). The van der Waals surface area contributed by atoms with Crippen molar-refractivity contribution < 1.29 is 28.5 Å². The van der Waals surface area contributed by atoms with Crippen molar-refractivity contribution in [2.75, 3.05) is 41.6 Å². The molecule has 0 spiro atoms. The van der Waals surface area contributed by atoms with Crippen LogP contribution in [-0.4, -0.2) is 47.5 Å². The highest BCUT2D eigenvalue weighted by Gasteiger charge is 2.08. The number of methoxy groups -OCH3 is 4. The van der Waals surface area contributed by atoms with Crippen molar-refractivity contribution in [3.63, 3.8) is 0 Å². The maximum Gasteiger partial charge on any atom is 0.224 e. The van der Waals surface area contributed by atoms with Crippen LogP contribution in [-0.2, 0) is 11.2 Å². The van der Waals surface area contributed by atoms with Gasteiger partial charge in [-0.25, -0.2) is 0 Å². The first-order valence-corrected chi connectivity index (χ1v) is 8.43. The maximum atomic E-state index is 12.1. The Balaban J connectivity index is 1.81. The third-order valence-corrected chi connectivity index (χ3v) is 3.83. The molecule has 0 aliphatic carbocycles. The maximum absolute atomic E-state index is 12.1. The molecule has 0 saturated heterocycles. The van der Waals surface area contributed by atoms with Crippen LogP contribution in [0.5, 0.6) is 28.7 Å². The Labute approximate surface area is 159 Å². The Morgan fingerprint density at radius 3 is 2.04 bits per heavy atom. The number of rotatable bonds is 10. The SMILES string of the molecule is COc1cc(OC)cc(OCCNC(=O)Cc2ccc(OC)c(OC)c2)c1. The predicted molar refractivity (Wildman–Crippen MR) is 101 cm³/mol. The number of benzene rings is 2. The van der Waals surface area contributed by atoms with Gasteiger partial charge < -0.3 is 29.0 Å². The normalized spacial score (nSPS) is 10.1. The molecule has 1 N–H and O–H groups in total. The fourth-order valence-electron chi connectivity index (χ4n) is 2.46. The van der Waals surface area contributed by atoms with Crippen LogP contribution in [0.15, 0.2) is 36.4 Å². The summed E-state index contributed by atoms with van der Waals surface area (Å²) in [6, 6.07) is 10.7. The minimum Gasteiger partial charge on any atom is -0.496 e. The predicted octanol–water partition coefficient (Wildman–Crippen LogP) is 2.46. The average molecular weight is 375 g/mol. The highest BCUT2D eigenvalue weighted by molar-refractivity contribution is 5.78. The quantitative estimate of drug-likeness (QED) is 0.643. The Bertz CT molecular complexity index is 740. The summed E-state index contributed by atoms with van der Waals surface area (Å²) in [7, 11) is 6.29. The van der Waals surface area contributed by atoms with Gasteiger partial charge in [0.05, 0.1) is 41.4 Å². The van der Waals surface area contributed by atoms with Gasteiger partial charge in [0.1, 0.15) is 23.9 Å². The summed E-state index contributed by atoms with van der Waals surface area (Å²) in [5.74, 6) is 3.01. The zero-order valence-corrected chi connectivity index (χ0v) is 16.0. The largest absolute Gasteiger partial charge is 0.496 e. The number of ether oxygens (including phenoxy) is 5. The smallest absolute Gasteiger partial charge is 0.224 e. The molecular weight excluding hydrogens is 350 g/mol. The molecule has 0 aromatic heterocycles. The first-order chi connectivity index (χ1) is 13.1. The van der Waals surface area contributed by atoms with Crippen molar-refractivity contribution in [2.24, 2.45) is 0 Å². The van der Waals surface area contributed by atoms with Gasteiger partial charge in [-0.3, -0.25) is 4.79 Å². The van der Waals surface area contributed by atoms with Gasteiger partial charge >= 0.3 is 0 Å². The summed E-state index contributed by atoms with van der Waals surface area (Å²) in [5.41, 5.74) is 0.837. The molecule has 27 heavy (non-hydrogen) atoms. The molecule has 146 valence electrons. The van der Waals surface area contributed by atoms with E-state index in [0.717, 1.165) is 5.56 Å². The fourth-order valence-corrected chi connectivity index (χ4v) is 2.46. The molecule has 0 aliphatic rings.